The van der Waals surface area contributed by atoms with Crippen molar-refractivity contribution in [2.24, 2.45) is 0 Å². The first-order valence-electron chi connectivity index (χ1n) is 6.61. The van der Waals surface area contributed by atoms with Gasteiger partial charge in [-0.2, -0.15) is 0 Å². The lowest BCUT2D eigenvalue weighted by Gasteiger charge is -2.28. The average molecular weight is 398 g/mol. The minimum absolute atomic E-state index is 0.00510. The number of fused-ring (bicyclic) bond motifs is 1. The van der Waals surface area contributed by atoms with Crippen LogP contribution in [0.3, 0.4) is 0 Å². The summed E-state index contributed by atoms with van der Waals surface area (Å²) in [7, 11) is 0. The molecule has 3 nitrogen and oxygen atoms in total. The van der Waals surface area contributed by atoms with Crippen LogP contribution >= 0.6 is 31.9 Å². The van der Waals surface area contributed by atoms with E-state index in [-0.39, 0.29) is 16.4 Å². The standard InChI is InChI=1S/C15H14Br2N2O/c1-9-7-8-11(16)14-18-13(10-5-3-2-4-6-10)12(17)15(20)19(9)14/h2-6,9,11H,7-8H2,1H3/t9-,11-/m1/s1. The fraction of sp³-hybridized carbons (Fsp3) is 0.333. The molecule has 1 aliphatic heterocycles. The summed E-state index contributed by atoms with van der Waals surface area (Å²) < 4.78 is 2.35. The Balaban J connectivity index is 2.27. The van der Waals surface area contributed by atoms with Crippen molar-refractivity contribution in [3.05, 3.63) is 51.0 Å². The zero-order valence-electron chi connectivity index (χ0n) is 11.0. The quantitative estimate of drug-likeness (QED) is 0.665. The molecule has 0 unspecified atom stereocenters. The molecule has 0 saturated carbocycles. The molecule has 5 heteroatoms. The SMILES string of the molecule is C[C@@H]1CC[C@@H](Br)c2nc(-c3ccccc3)c(Br)c(=O)n21. The molecule has 0 aliphatic carbocycles. The van der Waals surface area contributed by atoms with Gasteiger partial charge in [0.2, 0.25) is 0 Å². The smallest absolute Gasteiger partial charge is 0.268 e. The number of aromatic nitrogens is 2. The van der Waals surface area contributed by atoms with E-state index in [1.807, 2.05) is 30.3 Å². The molecular weight excluding hydrogens is 384 g/mol. The highest BCUT2D eigenvalue weighted by atomic mass is 79.9. The van der Waals surface area contributed by atoms with Crippen LogP contribution < -0.4 is 5.56 Å². The van der Waals surface area contributed by atoms with Crippen molar-refractivity contribution in [3.8, 4) is 11.3 Å². The largest absolute Gasteiger partial charge is 0.292 e. The first kappa shape index (κ1) is 14.0. The van der Waals surface area contributed by atoms with E-state index in [4.69, 9.17) is 4.98 Å². The summed E-state index contributed by atoms with van der Waals surface area (Å²) in [4.78, 5) is 17.5. The molecule has 20 heavy (non-hydrogen) atoms. The van der Waals surface area contributed by atoms with Crippen LogP contribution in [0.4, 0.5) is 0 Å². The molecular formula is C15H14Br2N2O. The molecule has 0 amide bonds. The van der Waals surface area contributed by atoms with Gasteiger partial charge >= 0.3 is 0 Å². The van der Waals surface area contributed by atoms with Gasteiger partial charge in [-0.3, -0.25) is 9.36 Å². The predicted octanol–water partition coefficient (Wildman–Crippen LogP) is 4.46. The summed E-state index contributed by atoms with van der Waals surface area (Å²) in [6, 6.07) is 10.00. The topological polar surface area (TPSA) is 34.9 Å². The molecule has 3 rings (SSSR count). The number of alkyl halides is 1. The minimum Gasteiger partial charge on any atom is -0.292 e. The number of halogens is 2. The molecule has 0 saturated heterocycles. The molecule has 104 valence electrons. The second-order valence-electron chi connectivity index (χ2n) is 5.07. The van der Waals surface area contributed by atoms with Gasteiger partial charge in [-0.25, -0.2) is 4.98 Å². The lowest BCUT2D eigenvalue weighted by molar-refractivity contribution is 0.402. The highest BCUT2D eigenvalue weighted by Crippen LogP contribution is 2.37. The molecule has 2 heterocycles. The number of hydrogen-bond donors (Lipinski definition) is 0. The van der Waals surface area contributed by atoms with Gasteiger partial charge in [0, 0.05) is 11.6 Å². The molecule has 1 aliphatic rings. The van der Waals surface area contributed by atoms with Gasteiger partial charge in [0.05, 0.1) is 10.5 Å². The second kappa shape index (κ2) is 5.45. The summed E-state index contributed by atoms with van der Waals surface area (Å²) in [5.74, 6) is 0.829. The third kappa shape index (κ3) is 2.27. The van der Waals surface area contributed by atoms with Crippen LogP contribution in [0, 0.1) is 0 Å². The maximum Gasteiger partial charge on any atom is 0.268 e. The Kier molecular flexibility index (Phi) is 3.82. The average Bonchev–Trinajstić information content (AvgIpc) is 2.47. The van der Waals surface area contributed by atoms with Crippen LogP contribution in [0.25, 0.3) is 11.3 Å². The van der Waals surface area contributed by atoms with E-state index in [0.717, 1.165) is 29.9 Å². The maximum absolute atomic E-state index is 12.6. The fourth-order valence-electron chi connectivity index (χ4n) is 2.61. The number of nitrogens with zero attached hydrogens (tertiary/aromatic N) is 2. The van der Waals surface area contributed by atoms with Gasteiger partial charge in [-0.1, -0.05) is 46.3 Å². The van der Waals surface area contributed by atoms with E-state index in [0.29, 0.717) is 4.47 Å². The zero-order valence-corrected chi connectivity index (χ0v) is 14.2. The lowest BCUT2D eigenvalue weighted by atomic mass is 10.0. The summed E-state index contributed by atoms with van der Waals surface area (Å²) in [6.07, 6.45) is 1.99. The molecule has 1 aromatic heterocycles. The first-order valence-corrected chi connectivity index (χ1v) is 8.32. The zero-order chi connectivity index (χ0) is 14.3. The van der Waals surface area contributed by atoms with Crippen molar-refractivity contribution in [3.63, 3.8) is 0 Å². The van der Waals surface area contributed by atoms with Crippen LogP contribution in [-0.2, 0) is 0 Å². The Bertz CT molecular complexity index is 697. The Morgan fingerprint density at radius 2 is 1.95 bits per heavy atom. The Labute approximate surface area is 134 Å². The van der Waals surface area contributed by atoms with E-state index in [1.54, 1.807) is 4.57 Å². The van der Waals surface area contributed by atoms with Crippen molar-refractivity contribution < 1.29 is 0 Å². The normalized spacial score (nSPS) is 21.6. The predicted molar refractivity (Wildman–Crippen MR) is 87.2 cm³/mol. The van der Waals surface area contributed by atoms with Crippen LogP contribution in [0.1, 0.15) is 36.5 Å². The van der Waals surface area contributed by atoms with E-state index in [9.17, 15) is 4.79 Å². The molecule has 2 aromatic rings. The fourth-order valence-corrected chi connectivity index (χ4v) is 3.70. The molecule has 0 fully saturated rings. The van der Waals surface area contributed by atoms with Crippen LogP contribution in [0.5, 0.6) is 0 Å². The van der Waals surface area contributed by atoms with E-state index in [2.05, 4.69) is 38.8 Å². The summed E-state index contributed by atoms with van der Waals surface area (Å²) in [5.41, 5.74) is 1.68. The first-order chi connectivity index (χ1) is 9.59. The molecule has 0 bridgehead atoms. The van der Waals surface area contributed by atoms with Gasteiger partial charge in [-0.15, -0.1) is 0 Å². The highest BCUT2D eigenvalue weighted by Gasteiger charge is 2.27. The third-order valence-electron chi connectivity index (χ3n) is 3.69. The molecule has 2 atom stereocenters. The van der Waals surface area contributed by atoms with Crippen molar-refractivity contribution >= 4 is 31.9 Å². The molecule has 0 spiro atoms. The summed E-state index contributed by atoms with van der Waals surface area (Å²) in [6.45, 7) is 2.07. The molecule has 0 N–H and O–H groups in total. The van der Waals surface area contributed by atoms with Gasteiger partial charge in [0.25, 0.3) is 5.56 Å². The summed E-state index contributed by atoms with van der Waals surface area (Å²) in [5, 5.41) is 0. The number of benzene rings is 1. The lowest BCUT2D eigenvalue weighted by Crippen LogP contribution is -2.32. The maximum atomic E-state index is 12.6. The monoisotopic (exact) mass is 396 g/mol. The van der Waals surface area contributed by atoms with E-state index >= 15 is 0 Å². The minimum atomic E-state index is 0.00510. The van der Waals surface area contributed by atoms with Gasteiger partial charge < -0.3 is 0 Å². The molecule has 0 radical (unpaired) electrons. The highest BCUT2D eigenvalue weighted by molar-refractivity contribution is 9.10. The van der Waals surface area contributed by atoms with Crippen molar-refractivity contribution in [2.45, 2.75) is 30.6 Å². The van der Waals surface area contributed by atoms with Crippen LogP contribution in [-0.4, -0.2) is 9.55 Å². The van der Waals surface area contributed by atoms with Gasteiger partial charge in [-0.05, 0) is 35.7 Å². The Morgan fingerprint density at radius 3 is 2.65 bits per heavy atom. The van der Waals surface area contributed by atoms with Crippen molar-refractivity contribution in [1.29, 1.82) is 0 Å². The second-order valence-corrected chi connectivity index (χ2v) is 6.97. The summed E-state index contributed by atoms with van der Waals surface area (Å²) >= 11 is 7.07. The van der Waals surface area contributed by atoms with Gasteiger partial charge in [0.15, 0.2) is 0 Å². The Hall–Kier alpha value is -0.940. The van der Waals surface area contributed by atoms with Crippen LogP contribution in [0.2, 0.25) is 0 Å². The van der Waals surface area contributed by atoms with Gasteiger partial charge in [0.1, 0.15) is 10.3 Å². The third-order valence-corrected chi connectivity index (χ3v) is 5.28. The van der Waals surface area contributed by atoms with Crippen LogP contribution in [0.15, 0.2) is 39.6 Å². The Morgan fingerprint density at radius 1 is 1.25 bits per heavy atom. The van der Waals surface area contributed by atoms with E-state index in [1.165, 1.54) is 0 Å². The van der Waals surface area contributed by atoms with Crippen molar-refractivity contribution in [1.82, 2.24) is 9.55 Å². The van der Waals surface area contributed by atoms with Crippen molar-refractivity contribution in [2.75, 3.05) is 0 Å². The molecule has 1 aromatic carbocycles. The number of rotatable bonds is 1. The van der Waals surface area contributed by atoms with E-state index < -0.39 is 0 Å². The number of hydrogen-bond acceptors (Lipinski definition) is 2.